The Labute approximate surface area is 135 Å². The van der Waals surface area contributed by atoms with E-state index in [-0.39, 0.29) is 23.7 Å². The highest BCUT2D eigenvalue weighted by atomic mass is 16.3. The third-order valence-corrected chi connectivity index (χ3v) is 4.56. The molecular weight excluding hydrogens is 296 g/mol. The van der Waals surface area contributed by atoms with E-state index < -0.39 is 0 Å². The van der Waals surface area contributed by atoms with E-state index in [9.17, 15) is 14.7 Å². The van der Waals surface area contributed by atoms with E-state index in [0.717, 1.165) is 31.9 Å². The lowest BCUT2D eigenvalue weighted by Gasteiger charge is -2.39. The van der Waals surface area contributed by atoms with Crippen LogP contribution in [0.1, 0.15) is 6.92 Å². The van der Waals surface area contributed by atoms with Crippen molar-refractivity contribution >= 4 is 17.6 Å². The Balaban J connectivity index is 1.59. The maximum atomic E-state index is 12.4. The number of imide groups is 1. The molecule has 2 aliphatic heterocycles. The molecule has 1 aromatic rings. The van der Waals surface area contributed by atoms with Gasteiger partial charge < -0.3 is 15.3 Å². The van der Waals surface area contributed by atoms with E-state index in [0.29, 0.717) is 13.1 Å². The number of urea groups is 1. The molecule has 0 radical (unpaired) electrons. The van der Waals surface area contributed by atoms with Gasteiger partial charge in [0, 0.05) is 39.3 Å². The molecule has 7 nitrogen and oxygen atoms in total. The van der Waals surface area contributed by atoms with Gasteiger partial charge in [0.1, 0.15) is 5.75 Å². The lowest BCUT2D eigenvalue weighted by Crippen LogP contribution is -2.55. The van der Waals surface area contributed by atoms with Crippen LogP contribution in [0.15, 0.2) is 24.3 Å². The SMILES string of the molecule is C[C@@H](C(=O)N1CCNC1=O)N1CCN(c2ccccc2O)CC1. The number of carbonyl (C=O) groups is 2. The summed E-state index contributed by atoms with van der Waals surface area (Å²) in [6.45, 7) is 5.73. The largest absolute Gasteiger partial charge is 0.506 e. The number of hydrogen-bond donors (Lipinski definition) is 2. The molecule has 0 aromatic heterocycles. The number of nitrogens with zero attached hydrogens (tertiary/aromatic N) is 3. The number of benzene rings is 1. The van der Waals surface area contributed by atoms with Crippen molar-refractivity contribution in [3.63, 3.8) is 0 Å². The minimum absolute atomic E-state index is 0.143. The number of nitrogens with one attached hydrogen (secondary N) is 1. The van der Waals surface area contributed by atoms with Crippen LogP contribution in [0, 0.1) is 0 Å². The van der Waals surface area contributed by atoms with Gasteiger partial charge in [-0.25, -0.2) is 4.79 Å². The molecule has 2 aliphatic rings. The fourth-order valence-corrected chi connectivity index (χ4v) is 3.15. The maximum Gasteiger partial charge on any atom is 0.324 e. The molecule has 3 amide bonds. The van der Waals surface area contributed by atoms with Crippen molar-refractivity contribution < 1.29 is 14.7 Å². The van der Waals surface area contributed by atoms with Gasteiger partial charge in [0.2, 0.25) is 5.91 Å². The van der Waals surface area contributed by atoms with Crippen molar-refractivity contribution in [1.82, 2.24) is 15.1 Å². The van der Waals surface area contributed by atoms with Gasteiger partial charge in [0.25, 0.3) is 0 Å². The van der Waals surface area contributed by atoms with E-state index in [2.05, 4.69) is 15.1 Å². The molecule has 0 spiro atoms. The first-order chi connectivity index (χ1) is 11.1. The number of aromatic hydroxyl groups is 1. The molecule has 2 saturated heterocycles. The van der Waals surface area contributed by atoms with Gasteiger partial charge in [-0.1, -0.05) is 12.1 Å². The molecule has 0 unspecified atom stereocenters. The topological polar surface area (TPSA) is 76.1 Å². The van der Waals surface area contributed by atoms with Crippen LogP contribution in [0.5, 0.6) is 5.75 Å². The highest BCUT2D eigenvalue weighted by Gasteiger charge is 2.33. The number of carbonyl (C=O) groups excluding carboxylic acids is 2. The Kier molecular flexibility index (Phi) is 4.38. The lowest BCUT2D eigenvalue weighted by atomic mass is 10.2. The number of rotatable bonds is 3. The summed E-state index contributed by atoms with van der Waals surface area (Å²) in [6.07, 6.45) is 0. The molecule has 0 saturated carbocycles. The van der Waals surface area contributed by atoms with Crippen molar-refractivity contribution in [1.29, 1.82) is 0 Å². The predicted octanol–water partition coefficient (Wildman–Crippen LogP) is 0.454. The van der Waals surface area contributed by atoms with Crippen LogP contribution >= 0.6 is 0 Å². The Morgan fingerprint density at radius 3 is 2.48 bits per heavy atom. The van der Waals surface area contributed by atoms with E-state index in [1.165, 1.54) is 4.90 Å². The standard InChI is InChI=1S/C16H22N4O3/c1-12(15(22)20-7-6-17-16(20)23)18-8-10-19(11-9-18)13-4-2-3-5-14(13)21/h2-5,12,21H,6-11H2,1H3,(H,17,23)/t12-/m0/s1. The quantitative estimate of drug-likeness (QED) is 0.846. The molecule has 3 rings (SSSR count). The molecule has 7 heteroatoms. The Bertz CT molecular complexity index is 599. The molecule has 23 heavy (non-hydrogen) atoms. The molecule has 2 heterocycles. The summed E-state index contributed by atoms with van der Waals surface area (Å²) in [7, 11) is 0. The minimum Gasteiger partial charge on any atom is -0.506 e. The van der Waals surface area contributed by atoms with Crippen LogP contribution < -0.4 is 10.2 Å². The second-order valence-electron chi connectivity index (χ2n) is 5.91. The number of phenolic OH excluding ortho intramolecular Hbond substituents is 1. The normalized spacial score (nSPS) is 20.5. The van der Waals surface area contributed by atoms with Gasteiger partial charge in [0.05, 0.1) is 11.7 Å². The predicted molar refractivity (Wildman–Crippen MR) is 86.5 cm³/mol. The third-order valence-electron chi connectivity index (χ3n) is 4.56. The van der Waals surface area contributed by atoms with Crippen LogP contribution in [0.4, 0.5) is 10.5 Å². The van der Waals surface area contributed by atoms with Crippen molar-refractivity contribution in [2.24, 2.45) is 0 Å². The summed E-state index contributed by atoms with van der Waals surface area (Å²) in [6, 6.07) is 6.67. The van der Waals surface area contributed by atoms with Crippen LogP contribution in [-0.4, -0.2) is 72.2 Å². The van der Waals surface area contributed by atoms with Crippen LogP contribution in [-0.2, 0) is 4.79 Å². The zero-order chi connectivity index (χ0) is 16.4. The van der Waals surface area contributed by atoms with E-state index >= 15 is 0 Å². The highest BCUT2D eigenvalue weighted by Crippen LogP contribution is 2.27. The van der Waals surface area contributed by atoms with Crippen molar-refractivity contribution in [3.05, 3.63) is 24.3 Å². The van der Waals surface area contributed by atoms with Crippen molar-refractivity contribution in [2.75, 3.05) is 44.2 Å². The van der Waals surface area contributed by atoms with E-state index in [4.69, 9.17) is 0 Å². The molecule has 0 bridgehead atoms. The molecule has 124 valence electrons. The Morgan fingerprint density at radius 2 is 1.87 bits per heavy atom. The number of anilines is 1. The molecule has 1 atom stereocenters. The monoisotopic (exact) mass is 318 g/mol. The summed E-state index contributed by atoms with van der Waals surface area (Å²) in [5, 5.41) is 12.6. The molecule has 2 fully saturated rings. The summed E-state index contributed by atoms with van der Waals surface area (Å²) in [5.41, 5.74) is 0.824. The van der Waals surface area contributed by atoms with Gasteiger partial charge in [-0.2, -0.15) is 0 Å². The Hall–Kier alpha value is -2.28. The number of para-hydroxylation sites is 2. The number of piperazine rings is 1. The minimum atomic E-state index is -0.314. The summed E-state index contributed by atoms with van der Waals surface area (Å²) >= 11 is 0. The summed E-state index contributed by atoms with van der Waals surface area (Å²) in [4.78, 5) is 29.5. The van der Waals surface area contributed by atoms with Gasteiger partial charge in [-0.05, 0) is 19.1 Å². The third kappa shape index (κ3) is 3.10. The molecular formula is C16H22N4O3. The number of amides is 3. The summed E-state index contributed by atoms with van der Waals surface area (Å²) in [5.74, 6) is 0.134. The number of phenols is 1. The average Bonchev–Trinajstić information content (AvgIpc) is 3.00. The maximum absolute atomic E-state index is 12.4. The van der Waals surface area contributed by atoms with Gasteiger partial charge >= 0.3 is 6.03 Å². The number of hydrogen-bond acceptors (Lipinski definition) is 5. The fraction of sp³-hybridized carbons (Fsp3) is 0.500. The first-order valence-corrected chi connectivity index (χ1v) is 7.94. The average molecular weight is 318 g/mol. The fourth-order valence-electron chi connectivity index (χ4n) is 3.15. The molecule has 1 aromatic carbocycles. The first kappa shape index (κ1) is 15.6. The molecule has 0 aliphatic carbocycles. The van der Waals surface area contributed by atoms with Crippen LogP contribution in [0.25, 0.3) is 0 Å². The summed E-state index contributed by atoms with van der Waals surface area (Å²) < 4.78 is 0. The van der Waals surface area contributed by atoms with Crippen molar-refractivity contribution in [3.8, 4) is 5.75 Å². The second-order valence-corrected chi connectivity index (χ2v) is 5.91. The smallest absolute Gasteiger partial charge is 0.324 e. The second kappa shape index (κ2) is 6.45. The van der Waals surface area contributed by atoms with Gasteiger partial charge in [-0.3, -0.25) is 14.6 Å². The zero-order valence-corrected chi connectivity index (χ0v) is 13.2. The lowest BCUT2D eigenvalue weighted by molar-refractivity contribution is -0.132. The Morgan fingerprint density at radius 1 is 1.17 bits per heavy atom. The van der Waals surface area contributed by atoms with Crippen LogP contribution in [0.2, 0.25) is 0 Å². The highest BCUT2D eigenvalue weighted by molar-refractivity contribution is 5.98. The van der Waals surface area contributed by atoms with E-state index in [1.54, 1.807) is 12.1 Å². The molecule has 2 N–H and O–H groups in total. The first-order valence-electron chi connectivity index (χ1n) is 7.94. The zero-order valence-electron chi connectivity index (χ0n) is 13.2. The van der Waals surface area contributed by atoms with E-state index in [1.807, 2.05) is 19.1 Å². The van der Waals surface area contributed by atoms with Crippen LogP contribution in [0.3, 0.4) is 0 Å². The van der Waals surface area contributed by atoms with Crippen molar-refractivity contribution in [2.45, 2.75) is 13.0 Å². The van der Waals surface area contributed by atoms with Gasteiger partial charge in [-0.15, -0.1) is 0 Å². The van der Waals surface area contributed by atoms with Gasteiger partial charge in [0.15, 0.2) is 0 Å².